The van der Waals surface area contributed by atoms with Crippen LogP contribution in [-0.4, -0.2) is 66.2 Å². The molecule has 1 heterocycles. The number of amides is 2. The van der Waals surface area contributed by atoms with E-state index in [1.165, 1.54) is 0 Å². The van der Waals surface area contributed by atoms with Gasteiger partial charge in [-0.15, -0.1) is 0 Å². The van der Waals surface area contributed by atoms with Crippen LogP contribution < -0.4 is 5.32 Å². The summed E-state index contributed by atoms with van der Waals surface area (Å²) >= 11 is 0. The third-order valence-electron chi connectivity index (χ3n) is 3.93. The van der Waals surface area contributed by atoms with E-state index in [4.69, 9.17) is 5.11 Å². The Morgan fingerprint density at radius 2 is 1.85 bits per heavy atom. The van der Waals surface area contributed by atoms with Crippen molar-refractivity contribution in [3.8, 4) is 0 Å². The Kier molecular flexibility index (Phi) is 7.36. The summed E-state index contributed by atoms with van der Waals surface area (Å²) in [5.41, 5.74) is 0. The second kappa shape index (κ2) is 8.79. The maximum atomic E-state index is 12.1. The third kappa shape index (κ3) is 5.77. The zero-order chi connectivity index (χ0) is 15.0. The minimum atomic E-state index is -0.809. The molecule has 0 unspecified atom stereocenters. The number of urea groups is 1. The maximum Gasteiger partial charge on any atom is 0.317 e. The van der Waals surface area contributed by atoms with Crippen molar-refractivity contribution in [3.05, 3.63) is 0 Å². The van der Waals surface area contributed by atoms with Crippen molar-refractivity contribution in [1.82, 2.24) is 15.1 Å². The van der Waals surface area contributed by atoms with Crippen molar-refractivity contribution < 1.29 is 14.7 Å². The largest absolute Gasteiger partial charge is 0.480 e. The lowest BCUT2D eigenvalue weighted by atomic mass is 10.0. The summed E-state index contributed by atoms with van der Waals surface area (Å²) in [6, 6.07) is -0.0194. The van der Waals surface area contributed by atoms with Gasteiger partial charge in [-0.1, -0.05) is 26.7 Å². The molecule has 0 radical (unpaired) electrons. The molecule has 6 nitrogen and oxygen atoms in total. The van der Waals surface area contributed by atoms with Crippen LogP contribution in [0.5, 0.6) is 0 Å². The zero-order valence-electron chi connectivity index (χ0n) is 12.6. The highest BCUT2D eigenvalue weighted by Gasteiger charge is 2.20. The van der Waals surface area contributed by atoms with E-state index in [0.717, 1.165) is 32.4 Å². The minimum absolute atomic E-state index is 0.0194. The molecule has 1 rings (SSSR count). The molecule has 1 aliphatic heterocycles. The van der Waals surface area contributed by atoms with Crippen LogP contribution in [0.1, 0.15) is 33.1 Å². The highest BCUT2D eigenvalue weighted by Crippen LogP contribution is 2.07. The number of carboxylic acids is 1. The van der Waals surface area contributed by atoms with Gasteiger partial charge in [0.05, 0.1) is 6.54 Å². The molecule has 0 aromatic carbocycles. The fourth-order valence-electron chi connectivity index (χ4n) is 2.44. The third-order valence-corrected chi connectivity index (χ3v) is 3.93. The van der Waals surface area contributed by atoms with Crippen LogP contribution in [0.3, 0.4) is 0 Å². The lowest BCUT2D eigenvalue weighted by Gasteiger charge is -2.23. The molecular formula is C14H27N3O3. The number of aliphatic carboxylic acids is 1. The Morgan fingerprint density at radius 1 is 1.15 bits per heavy atom. The predicted molar refractivity (Wildman–Crippen MR) is 77.7 cm³/mol. The van der Waals surface area contributed by atoms with Gasteiger partial charge in [0.15, 0.2) is 0 Å². The van der Waals surface area contributed by atoms with Gasteiger partial charge < -0.3 is 15.3 Å². The van der Waals surface area contributed by atoms with Gasteiger partial charge in [-0.05, 0) is 12.3 Å². The number of carbonyl (C=O) groups is 2. The number of hydrogen-bond acceptors (Lipinski definition) is 3. The molecule has 2 N–H and O–H groups in total. The smallest absolute Gasteiger partial charge is 0.317 e. The van der Waals surface area contributed by atoms with Gasteiger partial charge in [-0.25, -0.2) is 4.79 Å². The molecule has 0 aliphatic carbocycles. The van der Waals surface area contributed by atoms with Gasteiger partial charge in [0.25, 0.3) is 0 Å². The van der Waals surface area contributed by atoms with Crippen LogP contribution in [0.2, 0.25) is 0 Å². The molecule has 0 bridgehead atoms. The number of hydrogen-bond donors (Lipinski definition) is 2. The van der Waals surface area contributed by atoms with Crippen LogP contribution in [0, 0.1) is 5.92 Å². The summed E-state index contributed by atoms with van der Waals surface area (Å²) in [4.78, 5) is 26.5. The minimum Gasteiger partial charge on any atom is -0.480 e. The monoisotopic (exact) mass is 285 g/mol. The molecule has 0 aromatic rings. The standard InChI is InChI=1S/C14H27N3O3/c1-3-12(4-2)10-15-14(20)17-7-5-6-16(8-9-17)11-13(18)19/h12H,3-11H2,1-2H3,(H,15,20)(H,18,19). The van der Waals surface area contributed by atoms with Crippen molar-refractivity contribution in [1.29, 1.82) is 0 Å². The van der Waals surface area contributed by atoms with E-state index in [2.05, 4.69) is 19.2 Å². The van der Waals surface area contributed by atoms with Crippen molar-refractivity contribution in [3.63, 3.8) is 0 Å². The summed E-state index contributed by atoms with van der Waals surface area (Å²) < 4.78 is 0. The van der Waals surface area contributed by atoms with Crippen molar-refractivity contribution >= 4 is 12.0 Å². The van der Waals surface area contributed by atoms with E-state index in [1.807, 2.05) is 4.90 Å². The van der Waals surface area contributed by atoms with Crippen LogP contribution in [0.4, 0.5) is 4.79 Å². The summed E-state index contributed by atoms with van der Waals surface area (Å²) in [6.07, 6.45) is 2.97. The van der Waals surface area contributed by atoms with E-state index in [1.54, 1.807) is 4.90 Å². The number of carbonyl (C=O) groups excluding carboxylic acids is 1. The van der Waals surface area contributed by atoms with Crippen LogP contribution in [0.15, 0.2) is 0 Å². The van der Waals surface area contributed by atoms with Gasteiger partial charge in [0.2, 0.25) is 0 Å². The molecule has 0 atom stereocenters. The summed E-state index contributed by atoms with van der Waals surface area (Å²) in [5, 5.41) is 11.8. The van der Waals surface area contributed by atoms with E-state index in [0.29, 0.717) is 25.6 Å². The molecule has 20 heavy (non-hydrogen) atoms. The Morgan fingerprint density at radius 3 is 2.45 bits per heavy atom. The van der Waals surface area contributed by atoms with Gasteiger partial charge in [-0.2, -0.15) is 0 Å². The van der Waals surface area contributed by atoms with Crippen molar-refractivity contribution in [2.45, 2.75) is 33.1 Å². The topological polar surface area (TPSA) is 72.9 Å². The first-order valence-corrected chi connectivity index (χ1v) is 7.53. The Balaban J connectivity index is 2.36. The Labute approximate surface area is 121 Å². The molecule has 116 valence electrons. The van der Waals surface area contributed by atoms with Crippen LogP contribution in [0.25, 0.3) is 0 Å². The fourth-order valence-corrected chi connectivity index (χ4v) is 2.44. The first-order valence-electron chi connectivity index (χ1n) is 7.53. The molecule has 1 fully saturated rings. The zero-order valence-corrected chi connectivity index (χ0v) is 12.6. The molecular weight excluding hydrogens is 258 g/mol. The van der Waals surface area contributed by atoms with Crippen LogP contribution >= 0.6 is 0 Å². The molecule has 1 saturated heterocycles. The quantitative estimate of drug-likeness (QED) is 0.770. The molecule has 2 amide bonds. The lowest BCUT2D eigenvalue weighted by molar-refractivity contribution is -0.138. The normalized spacial score (nSPS) is 17.1. The second-order valence-corrected chi connectivity index (χ2v) is 5.38. The van der Waals surface area contributed by atoms with E-state index < -0.39 is 5.97 Å². The highest BCUT2D eigenvalue weighted by atomic mass is 16.4. The molecule has 0 spiro atoms. The summed E-state index contributed by atoms with van der Waals surface area (Å²) in [7, 11) is 0. The van der Waals surface area contributed by atoms with Gasteiger partial charge in [-0.3, -0.25) is 9.69 Å². The second-order valence-electron chi connectivity index (χ2n) is 5.38. The summed E-state index contributed by atoms with van der Waals surface area (Å²) in [5.74, 6) is -0.272. The summed E-state index contributed by atoms with van der Waals surface area (Å²) in [6.45, 7) is 7.72. The average Bonchev–Trinajstić information content (AvgIpc) is 2.64. The number of nitrogens with one attached hydrogen (secondary N) is 1. The highest BCUT2D eigenvalue weighted by molar-refractivity contribution is 5.74. The lowest BCUT2D eigenvalue weighted by Crippen LogP contribution is -2.43. The van der Waals surface area contributed by atoms with Crippen molar-refractivity contribution in [2.24, 2.45) is 5.92 Å². The molecule has 6 heteroatoms. The van der Waals surface area contributed by atoms with E-state index in [-0.39, 0.29) is 12.6 Å². The van der Waals surface area contributed by atoms with Gasteiger partial charge >= 0.3 is 12.0 Å². The molecule has 0 saturated carbocycles. The first-order chi connectivity index (χ1) is 9.56. The van der Waals surface area contributed by atoms with Crippen LogP contribution in [-0.2, 0) is 4.79 Å². The van der Waals surface area contributed by atoms with E-state index >= 15 is 0 Å². The molecule has 0 aromatic heterocycles. The maximum absolute atomic E-state index is 12.1. The fraction of sp³-hybridized carbons (Fsp3) is 0.857. The Bertz CT molecular complexity index is 319. The Hall–Kier alpha value is -1.30. The average molecular weight is 285 g/mol. The predicted octanol–water partition coefficient (Wildman–Crippen LogP) is 1.22. The first kappa shape index (κ1) is 16.8. The number of nitrogens with zero attached hydrogens (tertiary/aromatic N) is 2. The SMILES string of the molecule is CCC(CC)CNC(=O)N1CCCN(CC(=O)O)CC1. The number of carboxylic acid groups (broad SMARTS) is 1. The van der Waals surface area contributed by atoms with Crippen molar-refractivity contribution in [2.75, 3.05) is 39.3 Å². The van der Waals surface area contributed by atoms with Gasteiger partial charge in [0, 0.05) is 32.7 Å². The molecule has 1 aliphatic rings. The number of rotatable bonds is 6. The van der Waals surface area contributed by atoms with E-state index in [9.17, 15) is 9.59 Å². The van der Waals surface area contributed by atoms with Gasteiger partial charge in [0.1, 0.15) is 0 Å².